The van der Waals surface area contributed by atoms with Crippen molar-refractivity contribution in [2.45, 2.75) is 77.0 Å². The fourth-order valence-electron chi connectivity index (χ4n) is 5.37. The van der Waals surface area contributed by atoms with Gasteiger partial charge in [0, 0.05) is 0 Å². The molecule has 0 amide bonds. The van der Waals surface area contributed by atoms with Crippen LogP contribution in [0.5, 0.6) is 5.75 Å². The monoisotopic (exact) mass is 371 g/mol. The third kappa shape index (κ3) is 4.75. The van der Waals surface area contributed by atoms with Gasteiger partial charge in [0.1, 0.15) is 11.4 Å². The minimum absolute atomic E-state index is 0.669. The van der Waals surface area contributed by atoms with Crippen LogP contribution >= 0.6 is 12.2 Å². The highest BCUT2D eigenvalue weighted by atomic mass is 32.1. The van der Waals surface area contributed by atoms with Crippen LogP contribution in [0.3, 0.4) is 0 Å². The van der Waals surface area contributed by atoms with Crippen LogP contribution in [-0.2, 0) is 0 Å². The molecule has 0 atom stereocenters. The Kier molecular flexibility index (Phi) is 7.28. The molecule has 0 N–H and O–H groups in total. The Morgan fingerprint density at radius 1 is 1.04 bits per heavy atom. The number of nitrogens with zero attached hydrogens (tertiary/aromatic N) is 1. The number of ether oxygens (including phenoxy) is 1. The first kappa shape index (κ1) is 19.6. The number of aliphatic imine (C=N–C) groups is 1. The van der Waals surface area contributed by atoms with E-state index in [1.54, 1.807) is 7.11 Å². The zero-order valence-corrected chi connectivity index (χ0v) is 17.2. The van der Waals surface area contributed by atoms with Gasteiger partial charge in [0.15, 0.2) is 0 Å². The molecule has 0 saturated heterocycles. The van der Waals surface area contributed by atoms with Gasteiger partial charge in [-0.15, -0.1) is 0 Å². The summed E-state index contributed by atoms with van der Waals surface area (Å²) in [4.78, 5) is 4.10. The van der Waals surface area contributed by atoms with E-state index in [2.05, 4.69) is 29.2 Å². The van der Waals surface area contributed by atoms with Gasteiger partial charge in [-0.1, -0.05) is 38.7 Å². The topological polar surface area (TPSA) is 21.6 Å². The molecule has 0 bridgehead atoms. The zero-order chi connectivity index (χ0) is 18.4. The van der Waals surface area contributed by atoms with E-state index in [0.29, 0.717) is 5.92 Å². The lowest BCUT2D eigenvalue weighted by atomic mass is 9.68. The minimum atomic E-state index is 0.669. The van der Waals surface area contributed by atoms with Crippen molar-refractivity contribution in [1.82, 2.24) is 0 Å². The average molecular weight is 372 g/mol. The van der Waals surface area contributed by atoms with Gasteiger partial charge in [0.05, 0.1) is 12.3 Å². The van der Waals surface area contributed by atoms with E-state index in [-0.39, 0.29) is 0 Å². The van der Waals surface area contributed by atoms with Gasteiger partial charge in [0.25, 0.3) is 0 Å². The Balaban J connectivity index is 1.55. The largest absolute Gasteiger partial charge is 0.494 e. The standard InChI is InChI=1S/C23H33NOS/c1-3-4-17-5-7-18(8-6-17)19-9-11-20(12-10-19)21-13-14-22(24-16-26)23(15-21)25-2/h13-15,17-20H,3-12H2,1-2H3/t17-,18-,19-,20-. The van der Waals surface area contributed by atoms with Crippen molar-refractivity contribution in [3.8, 4) is 5.75 Å². The molecule has 3 rings (SSSR count). The average Bonchev–Trinajstić information content (AvgIpc) is 2.69. The number of isothiocyanates is 1. The van der Waals surface area contributed by atoms with E-state index in [9.17, 15) is 0 Å². The lowest BCUT2D eigenvalue weighted by molar-refractivity contribution is 0.156. The molecule has 2 aliphatic carbocycles. The van der Waals surface area contributed by atoms with E-state index < -0.39 is 0 Å². The fourth-order valence-corrected chi connectivity index (χ4v) is 5.47. The predicted molar refractivity (Wildman–Crippen MR) is 113 cm³/mol. The number of benzene rings is 1. The van der Waals surface area contributed by atoms with Crippen LogP contribution in [0.1, 0.15) is 82.6 Å². The van der Waals surface area contributed by atoms with E-state index in [0.717, 1.165) is 29.2 Å². The van der Waals surface area contributed by atoms with Crippen LogP contribution in [-0.4, -0.2) is 12.3 Å². The fraction of sp³-hybridized carbons (Fsp3) is 0.696. The van der Waals surface area contributed by atoms with Crippen LogP contribution in [0.2, 0.25) is 0 Å². The van der Waals surface area contributed by atoms with E-state index in [1.807, 2.05) is 6.07 Å². The predicted octanol–water partition coefficient (Wildman–Crippen LogP) is 7.31. The number of rotatable bonds is 6. The smallest absolute Gasteiger partial charge is 0.145 e. The van der Waals surface area contributed by atoms with Crippen LogP contribution in [0.4, 0.5) is 5.69 Å². The summed E-state index contributed by atoms with van der Waals surface area (Å²) in [6.45, 7) is 2.33. The van der Waals surface area contributed by atoms with Crippen molar-refractivity contribution in [2.24, 2.45) is 22.7 Å². The molecular weight excluding hydrogens is 338 g/mol. The van der Waals surface area contributed by atoms with Crippen molar-refractivity contribution in [2.75, 3.05) is 7.11 Å². The van der Waals surface area contributed by atoms with Gasteiger partial charge < -0.3 is 4.74 Å². The van der Waals surface area contributed by atoms with Crippen molar-refractivity contribution in [3.63, 3.8) is 0 Å². The van der Waals surface area contributed by atoms with Crippen molar-refractivity contribution < 1.29 is 4.74 Å². The van der Waals surface area contributed by atoms with Gasteiger partial charge in [-0.3, -0.25) is 0 Å². The highest BCUT2D eigenvalue weighted by Crippen LogP contribution is 2.45. The second-order valence-electron chi connectivity index (χ2n) is 8.32. The molecule has 2 nitrogen and oxygen atoms in total. The van der Waals surface area contributed by atoms with Gasteiger partial charge in [-0.2, -0.15) is 4.99 Å². The lowest BCUT2D eigenvalue weighted by Crippen LogP contribution is -2.25. The number of methoxy groups -OCH3 is 1. The molecule has 0 aliphatic heterocycles. The maximum absolute atomic E-state index is 5.50. The molecule has 2 fully saturated rings. The summed E-state index contributed by atoms with van der Waals surface area (Å²) in [5.41, 5.74) is 2.18. The number of hydrogen-bond acceptors (Lipinski definition) is 3. The van der Waals surface area contributed by atoms with Gasteiger partial charge in [0.2, 0.25) is 0 Å². The molecule has 1 aromatic carbocycles. The lowest BCUT2D eigenvalue weighted by Gasteiger charge is -2.38. The summed E-state index contributed by atoms with van der Waals surface area (Å²) in [7, 11) is 1.70. The Labute approximate surface area is 164 Å². The third-order valence-electron chi connectivity index (χ3n) is 6.87. The van der Waals surface area contributed by atoms with Gasteiger partial charge in [-0.25, -0.2) is 0 Å². The molecule has 2 aliphatic rings. The van der Waals surface area contributed by atoms with Crippen LogP contribution < -0.4 is 4.74 Å². The Morgan fingerprint density at radius 2 is 1.69 bits per heavy atom. The van der Waals surface area contributed by atoms with Gasteiger partial charge >= 0.3 is 0 Å². The molecule has 0 radical (unpaired) electrons. The molecule has 26 heavy (non-hydrogen) atoms. The summed E-state index contributed by atoms with van der Waals surface area (Å²) in [6.07, 6.45) is 14.2. The third-order valence-corrected chi connectivity index (χ3v) is 6.96. The first-order chi connectivity index (χ1) is 12.7. The zero-order valence-electron chi connectivity index (χ0n) is 16.4. The second kappa shape index (κ2) is 9.67. The summed E-state index contributed by atoms with van der Waals surface area (Å²) in [5, 5.41) is 2.44. The SMILES string of the molecule is CCC[C@H]1CC[C@H]([C@H]2CC[C@H](c3ccc(N=C=S)c(OC)c3)CC2)CC1. The first-order valence-corrected chi connectivity index (χ1v) is 10.9. The molecule has 0 aromatic heterocycles. The number of thiocarbonyl (C=S) groups is 1. The highest BCUT2D eigenvalue weighted by molar-refractivity contribution is 7.78. The quantitative estimate of drug-likeness (QED) is 0.386. The Morgan fingerprint density at radius 3 is 2.27 bits per heavy atom. The van der Waals surface area contributed by atoms with Crippen molar-refractivity contribution in [3.05, 3.63) is 23.8 Å². The van der Waals surface area contributed by atoms with E-state index >= 15 is 0 Å². The summed E-state index contributed by atoms with van der Waals surface area (Å²) in [5.74, 6) is 4.47. The molecule has 3 heteroatoms. The maximum Gasteiger partial charge on any atom is 0.145 e. The normalized spacial score (nSPS) is 29.0. The summed E-state index contributed by atoms with van der Waals surface area (Å²) >= 11 is 4.72. The molecule has 0 unspecified atom stereocenters. The highest BCUT2D eigenvalue weighted by Gasteiger charge is 2.31. The van der Waals surface area contributed by atoms with Crippen molar-refractivity contribution in [1.29, 1.82) is 0 Å². The first-order valence-electron chi connectivity index (χ1n) is 10.5. The summed E-state index contributed by atoms with van der Waals surface area (Å²) in [6, 6.07) is 6.38. The van der Waals surface area contributed by atoms with Gasteiger partial charge in [-0.05, 0) is 92.1 Å². The molecule has 142 valence electrons. The second-order valence-corrected chi connectivity index (χ2v) is 8.50. The molecular formula is C23H33NOS. The van der Waals surface area contributed by atoms with E-state index in [4.69, 9.17) is 17.0 Å². The minimum Gasteiger partial charge on any atom is -0.494 e. The number of hydrogen-bond donors (Lipinski definition) is 0. The molecule has 0 heterocycles. The Bertz CT molecular complexity index is 621. The maximum atomic E-state index is 5.50. The molecule has 1 aromatic rings. The van der Waals surface area contributed by atoms with E-state index in [1.165, 1.54) is 69.8 Å². The summed E-state index contributed by atoms with van der Waals surface area (Å²) < 4.78 is 5.50. The van der Waals surface area contributed by atoms with Crippen LogP contribution in [0.15, 0.2) is 23.2 Å². The molecule has 0 spiro atoms. The van der Waals surface area contributed by atoms with Crippen molar-refractivity contribution >= 4 is 23.1 Å². The van der Waals surface area contributed by atoms with Crippen LogP contribution in [0.25, 0.3) is 0 Å². The Hall–Kier alpha value is -1.18. The van der Waals surface area contributed by atoms with Crippen LogP contribution in [0, 0.1) is 17.8 Å². The molecule has 2 saturated carbocycles.